The summed E-state index contributed by atoms with van der Waals surface area (Å²) in [6.07, 6.45) is 1.79. The predicted molar refractivity (Wildman–Crippen MR) is 114 cm³/mol. The van der Waals surface area contributed by atoms with Gasteiger partial charge in [-0.05, 0) is 31.2 Å². The van der Waals surface area contributed by atoms with Crippen LogP contribution in [0.3, 0.4) is 0 Å². The fourth-order valence-electron chi connectivity index (χ4n) is 5.61. The van der Waals surface area contributed by atoms with E-state index in [1.807, 2.05) is 6.92 Å². The molecule has 1 aliphatic carbocycles. The summed E-state index contributed by atoms with van der Waals surface area (Å²) >= 11 is 0. The Morgan fingerprint density at radius 2 is 2.03 bits per heavy atom. The van der Waals surface area contributed by atoms with Gasteiger partial charge in [-0.25, -0.2) is 0 Å². The summed E-state index contributed by atoms with van der Waals surface area (Å²) in [6.45, 7) is 8.13. The van der Waals surface area contributed by atoms with Crippen LogP contribution in [-0.4, -0.2) is 77.8 Å². The van der Waals surface area contributed by atoms with Crippen molar-refractivity contribution in [2.24, 2.45) is 5.92 Å². The van der Waals surface area contributed by atoms with Crippen LogP contribution in [0.2, 0.25) is 0 Å². The van der Waals surface area contributed by atoms with Gasteiger partial charge in [0.15, 0.2) is 5.82 Å². The van der Waals surface area contributed by atoms with Crippen LogP contribution in [0.5, 0.6) is 0 Å². The first-order valence-electron chi connectivity index (χ1n) is 11.3. The number of nitrogens with zero attached hydrogens (tertiary/aromatic N) is 4. The fraction of sp³-hybridized carbons (Fsp3) is 0.609. The number of ether oxygens (including phenoxy) is 1. The summed E-state index contributed by atoms with van der Waals surface area (Å²) in [7, 11) is 0. The van der Waals surface area contributed by atoms with Gasteiger partial charge in [0.1, 0.15) is 0 Å². The molecule has 8 nitrogen and oxygen atoms in total. The van der Waals surface area contributed by atoms with Gasteiger partial charge in [-0.1, -0.05) is 35.5 Å². The number of aromatic nitrogens is 2. The van der Waals surface area contributed by atoms with Crippen molar-refractivity contribution in [2.75, 3.05) is 45.9 Å². The summed E-state index contributed by atoms with van der Waals surface area (Å²) in [5, 5.41) is 7.37. The van der Waals surface area contributed by atoms with Crippen molar-refractivity contribution in [3.05, 3.63) is 47.6 Å². The Balaban J connectivity index is 1.27. The van der Waals surface area contributed by atoms with Crippen LogP contribution in [0.25, 0.3) is 0 Å². The van der Waals surface area contributed by atoms with E-state index in [9.17, 15) is 4.79 Å². The molecule has 31 heavy (non-hydrogen) atoms. The molecule has 1 aromatic carbocycles. The molecule has 0 spiro atoms. The van der Waals surface area contributed by atoms with Gasteiger partial charge in [-0.2, -0.15) is 4.98 Å². The monoisotopic (exact) mass is 425 g/mol. The minimum absolute atomic E-state index is 0.102. The highest BCUT2D eigenvalue weighted by Crippen LogP contribution is 2.50. The van der Waals surface area contributed by atoms with E-state index in [-0.39, 0.29) is 17.4 Å². The molecule has 0 bridgehead atoms. The third-order valence-electron chi connectivity index (χ3n) is 6.98. The van der Waals surface area contributed by atoms with Crippen molar-refractivity contribution >= 4 is 5.91 Å². The third kappa shape index (κ3) is 4.37. The number of amides is 1. The maximum Gasteiger partial charge on any atom is 0.234 e. The number of benzene rings is 1. The third-order valence-corrected chi connectivity index (χ3v) is 6.98. The lowest BCUT2D eigenvalue weighted by molar-refractivity contribution is -0.124. The van der Waals surface area contributed by atoms with E-state index in [0.29, 0.717) is 31.5 Å². The summed E-state index contributed by atoms with van der Waals surface area (Å²) in [6, 6.07) is 10.7. The second-order valence-corrected chi connectivity index (χ2v) is 9.25. The SMILES string of the molecule is Cc1noc(C23CC(NC(=O)CN4CCOCC4)CC2CN(Cc2ccccc2)C3)n1. The molecule has 166 valence electrons. The van der Waals surface area contributed by atoms with E-state index in [4.69, 9.17) is 9.26 Å². The van der Waals surface area contributed by atoms with Crippen molar-refractivity contribution in [1.82, 2.24) is 25.3 Å². The number of nitrogens with one attached hydrogen (secondary N) is 1. The second kappa shape index (κ2) is 8.68. The van der Waals surface area contributed by atoms with Gasteiger partial charge >= 0.3 is 0 Å². The van der Waals surface area contributed by atoms with Crippen LogP contribution >= 0.6 is 0 Å². The van der Waals surface area contributed by atoms with Crippen LogP contribution in [0, 0.1) is 12.8 Å². The van der Waals surface area contributed by atoms with Gasteiger partial charge in [0.25, 0.3) is 0 Å². The highest BCUT2D eigenvalue weighted by atomic mass is 16.5. The summed E-state index contributed by atoms with van der Waals surface area (Å²) < 4.78 is 11.1. The van der Waals surface area contributed by atoms with E-state index in [1.165, 1.54) is 5.56 Å². The lowest BCUT2D eigenvalue weighted by Gasteiger charge is -2.27. The summed E-state index contributed by atoms with van der Waals surface area (Å²) in [5.41, 5.74) is 1.13. The lowest BCUT2D eigenvalue weighted by Crippen LogP contribution is -2.46. The van der Waals surface area contributed by atoms with Crippen molar-refractivity contribution in [2.45, 2.75) is 37.8 Å². The zero-order valence-electron chi connectivity index (χ0n) is 18.1. The van der Waals surface area contributed by atoms with Gasteiger partial charge in [0.05, 0.1) is 25.2 Å². The minimum Gasteiger partial charge on any atom is -0.379 e. The molecule has 2 aromatic rings. The van der Waals surface area contributed by atoms with E-state index >= 15 is 0 Å². The quantitative estimate of drug-likeness (QED) is 0.748. The van der Waals surface area contributed by atoms with Gasteiger partial charge in [-0.15, -0.1) is 0 Å². The Kier molecular flexibility index (Phi) is 5.77. The first-order valence-corrected chi connectivity index (χ1v) is 11.3. The average molecular weight is 426 g/mol. The Morgan fingerprint density at radius 3 is 2.77 bits per heavy atom. The molecule has 0 radical (unpaired) electrons. The molecule has 2 saturated heterocycles. The van der Waals surface area contributed by atoms with Crippen molar-refractivity contribution in [3.63, 3.8) is 0 Å². The fourth-order valence-corrected chi connectivity index (χ4v) is 5.61. The van der Waals surface area contributed by atoms with Crippen LogP contribution in [-0.2, 0) is 21.5 Å². The Hall–Kier alpha value is -2.29. The molecule has 1 amide bonds. The zero-order valence-corrected chi connectivity index (χ0v) is 18.1. The Bertz CT molecular complexity index is 898. The van der Waals surface area contributed by atoms with E-state index in [2.05, 4.69) is 55.6 Å². The largest absolute Gasteiger partial charge is 0.379 e. The van der Waals surface area contributed by atoms with Crippen LogP contribution in [0.15, 0.2) is 34.9 Å². The molecule has 3 aliphatic rings. The highest BCUT2D eigenvalue weighted by molar-refractivity contribution is 5.78. The summed E-state index contributed by atoms with van der Waals surface area (Å²) in [4.78, 5) is 22.0. The standard InChI is InChI=1S/C23H31N5O3/c1-17-24-22(31-26-17)23-12-20(25-21(29)15-27-7-9-30-10-8-27)11-19(23)14-28(16-23)13-18-5-3-2-4-6-18/h2-6,19-20H,7-16H2,1H3,(H,25,29). The first-order chi connectivity index (χ1) is 15.1. The minimum atomic E-state index is -0.188. The maximum absolute atomic E-state index is 12.7. The molecule has 5 rings (SSSR count). The molecule has 3 fully saturated rings. The number of hydrogen-bond acceptors (Lipinski definition) is 7. The maximum atomic E-state index is 12.7. The molecule has 1 N–H and O–H groups in total. The first kappa shape index (κ1) is 20.6. The Morgan fingerprint density at radius 1 is 1.23 bits per heavy atom. The van der Waals surface area contributed by atoms with Gasteiger partial charge in [0.2, 0.25) is 11.8 Å². The van der Waals surface area contributed by atoms with E-state index in [0.717, 1.165) is 51.5 Å². The smallest absolute Gasteiger partial charge is 0.234 e. The van der Waals surface area contributed by atoms with E-state index in [1.54, 1.807) is 0 Å². The number of aryl methyl sites for hydroxylation is 1. The molecule has 1 saturated carbocycles. The van der Waals surface area contributed by atoms with Crippen molar-refractivity contribution in [1.29, 1.82) is 0 Å². The predicted octanol–water partition coefficient (Wildman–Crippen LogP) is 1.36. The molecule has 8 heteroatoms. The number of morpholine rings is 1. The topological polar surface area (TPSA) is 83.7 Å². The van der Waals surface area contributed by atoms with Crippen LogP contribution < -0.4 is 5.32 Å². The number of rotatable bonds is 6. The number of carbonyl (C=O) groups is 1. The van der Waals surface area contributed by atoms with E-state index < -0.39 is 0 Å². The van der Waals surface area contributed by atoms with Gasteiger partial charge in [-0.3, -0.25) is 14.6 Å². The van der Waals surface area contributed by atoms with Crippen LogP contribution in [0.1, 0.15) is 30.1 Å². The number of fused-ring (bicyclic) bond motifs is 1. The average Bonchev–Trinajstić information content (AvgIpc) is 3.42. The normalized spacial score (nSPS) is 29.2. The van der Waals surface area contributed by atoms with Gasteiger partial charge in [0, 0.05) is 38.8 Å². The number of likely N-dealkylation sites (tertiary alicyclic amines) is 1. The highest BCUT2D eigenvalue weighted by Gasteiger charge is 2.57. The van der Waals surface area contributed by atoms with Crippen molar-refractivity contribution < 1.29 is 14.1 Å². The van der Waals surface area contributed by atoms with Crippen LogP contribution in [0.4, 0.5) is 0 Å². The lowest BCUT2D eigenvalue weighted by atomic mass is 9.80. The second-order valence-electron chi connectivity index (χ2n) is 9.25. The van der Waals surface area contributed by atoms with Crippen molar-refractivity contribution in [3.8, 4) is 0 Å². The molecule has 3 unspecified atom stereocenters. The molecular weight excluding hydrogens is 394 g/mol. The van der Waals surface area contributed by atoms with Gasteiger partial charge < -0.3 is 14.6 Å². The molecular formula is C23H31N5O3. The molecule has 3 atom stereocenters. The number of carbonyl (C=O) groups excluding carboxylic acids is 1. The number of hydrogen-bond donors (Lipinski definition) is 1. The summed E-state index contributed by atoms with van der Waals surface area (Å²) in [5.74, 6) is 1.90. The molecule has 2 aliphatic heterocycles. The molecule has 3 heterocycles. The molecule has 1 aromatic heterocycles. The Labute approximate surface area is 182 Å². The zero-order chi connectivity index (χ0) is 21.3.